The lowest BCUT2D eigenvalue weighted by Crippen LogP contribution is -2.04. The van der Waals surface area contributed by atoms with Gasteiger partial charge in [0.1, 0.15) is 0 Å². The van der Waals surface area contributed by atoms with Crippen molar-refractivity contribution in [1.82, 2.24) is 4.98 Å². The molecule has 1 amide bonds. The lowest BCUT2D eigenvalue weighted by molar-refractivity contribution is -0.137. The number of carbonyl (C=O) groups excluding carboxylic acids is 1. The van der Waals surface area contributed by atoms with Gasteiger partial charge in [-0.3, -0.25) is 9.78 Å². The van der Waals surface area contributed by atoms with E-state index in [0.29, 0.717) is 16.0 Å². The average molecular weight is 428 g/mol. The highest BCUT2D eigenvalue weighted by atomic mass is 32.2. The van der Waals surface area contributed by atoms with Gasteiger partial charge in [-0.2, -0.15) is 17.5 Å². The van der Waals surface area contributed by atoms with Crippen molar-refractivity contribution in [3.8, 4) is 11.8 Å². The van der Waals surface area contributed by atoms with E-state index in [1.165, 1.54) is 36.8 Å². The van der Waals surface area contributed by atoms with Gasteiger partial charge < -0.3 is 0 Å². The third kappa shape index (κ3) is 5.33. The minimum atomic E-state index is -4.41. The molecule has 1 heterocycles. The van der Waals surface area contributed by atoms with Crippen LogP contribution in [0, 0.1) is 11.8 Å². The van der Waals surface area contributed by atoms with Gasteiger partial charge in [0.05, 0.1) is 20.9 Å². The maximum atomic E-state index is 12.7. The van der Waals surface area contributed by atoms with Gasteiger partial charge in [-0.25, -0.2) is 4.21 Å². The molecule has 3 aromatic rings. The lowest BCUT2D eigenvalue weighted by Gasteiger charge is -2.05. The van der Waals surface area contributed by atoms with E-state index in [9.17, 15) is 22.2 Å². The van der Waals surface area contributed by atoms with Crippen molar-refractivity contribution < 1.29 is 22.2 Å². The van der Waals surface area contributed by atoms with Crippen LogP contribution in [0.4, 0.5) is 13.2 Å². The standard InChI is InChI=1S/C22H15F3N2O2S/c1-30(29,20-5-3-2-4-6-20)27-21(28)18-13-17(14-26-15-18)8-7-16-9-11-19(12-10-16)22(23,24)25/h2-6,9-15H,1H3. The molecule has 0 bridgehead atoms. The Morgan fingerprint density at radius 1 is 0.967 bits per heavy atom. The van der Waals surface area contributed by atoms with Gasteiger partial charge in [0.25, 0.3) is 5.91 Å². The van der Waals surface area contributed by atoms with Crippen LogP contribution >= 0.6 is 0 Å². The molecule has 152 valence electrons. The van der Waals surface area contributed by atoms with Crippen LogP contribution in [0.3, 0.4) is 0 Å². The lowest BCUT2D eigenvalue weighted by atomic mass is 10.1. The summed E-state index contributed by atoms with van der Waals surface area (Å²) in [5.41, 5.74) is 0.105. The number of nitrogens with zero attached hydrogens (tertiary/aromatic N) is 2. The van der Waals surface area contributed by atoms with Gasteiger partial charge in [0.2, 0.25) is 0 Å². The highest BCUT2D eigenvalue weighted by Crippen LogP contribution is 2.28. The third-order valence-electron chi connectivity index (χ3n) is 3.99. The van der Waals surface area contributed by atoms with Crippen molar-refractivity contribution in [3.63, 3.8) is 0 Å². The van der Waals surface area contributed by atoms with Gasteiger partial charge in [-0.05, 0) is 42.5 Å². The maximum absolute atomic E-state index is 12.7. The van der Waals surface area contributed by atoms with Crippen molar-refractivity contribution in [2.75, 3.05) is 6.26 Å². The van der Waals surface area contributed by atoms with Gasteiger partial charge >= 0.3 is 6.18 Å². The maximum Gasteiger partial charge on any atom is 0.416 e. The zero-order valence-electron chi connectivity index (χ0n) is 15.7. The Morgan fingerprint density at radius 3 is 2.23 bits per heavy atom. The second-order valence-corrected chi connectivity index (χ2v) is 8.56. The zero-order valence-corrected chi connectivity index (χ0v) is 16.5. The number of aromatic nitrogens is 1. The van der Waals surface area contributed by atoms with E-state index in [0.717, 1.165) is 12.1 Å². The van der Waals surface area contributed by atoms with Gasteiger partial charge in [0.15, 0.2) is 0 Å². The SMILES string of the molecule is CS(=O)(=NC(=O)c1cncc(C#Cc2ccc(C(F)(F)F)cc2)c1)c1ccccc1. The smallest absolute Gasteiger partial charge is 0.266 e. The molecular formula is C22H15F3N2O2S. The van der Waals surface area contributed by atoms with Crippen molar-refractivity contribution in [2.45, 2.75) is 11.1 Å². The summed E-state index contributed by atoms with van der Waals surface area (Å²) in [6.45, 7) is 0. The number of benzene rings is 2. The summed E-state index contributed by atoms with van der Waals surface area (Å²) < 4.78 is 54.4. The minimum Gasteiger partial charge on any atom is -0.266 e. The summed E-state index contributed by atoms with van der Waals surface area (Å²) in [5, 5.41) is 0. The monoisotopic (exact) mass is 428 g/mol. The highest BCUT2D eigenvalue weighted by Gasteiger charge is 2.29. The van der Waals surface area contributed by atoms with Crippen LogP contribution in [0.25, 0.3) is 0 Å². The van der Waals surface area contributed by atoms with Crippen LogP contribution in [0.5, 0.6) is 0 Å². The predicted molar refractivity (Wildman–Crippen MR) is 107 cm³/mol. The Balaban J connectivity index is 1.84. The molecule has 0 saturated carbocycles. The summed E-state index contributed by atoms with van der Waals surface area (Å²) in [7, 11) is -2.92. The fourth-order valence-corrected chi connectivity index (χ4v) is 3.64. The van der Waals surface area contributed by atoms with E-state index in [-0.39, 0.29) is 5.56 Å². The first-order valence-corrected chi connectivity index (χ1v) is 10.5. The molecule has 0 saturated heterocycles. The van der Waals surface area contributed by atoms with Crippen LogP contribution in [0.1, 0.15) is 27.0 Å². The minimum absolute atomic E-state index is 0.111. The second-order valence-electron chi connectivity index (χ2n) is 6.30. The molecule has 3 rings (SSSR count). The van der Waals surface area contributed by atoms with Gasteiger partial charge in [0, 0.05) is 34.7 Å². The van der Waals surface area contributed by atoms with Crippen LogP contribution in [0.2, 0.25) is 0 Å². The first-order valence-electron chi connectivity index (χ1n) is 8.61. The number of hydrogen-bond acceptors (Lipinski definition) is 3. The van der Waals surface area contributed by atoms with E-state index in [1.54, 1.807) is 30.3 Å². The number of carbonyl (C=O) groups is 1. The van der Waals surface area contributed by atoms with Crippen LogP contribution in [0.15, 0.2) is 82.3 Å². The Morgan fingerprint density at radius 2 is 1.60 bits per heavy atom. The van der Waals surface area contributed by atoms with Gasteiger partial charge in [-0.1, -0.05) is 30.0 Å². The quantitative estimate of drug-likeness (QED) is 0.551. The summed E-state index contributed by atoms with van der Waals surface area (Å²) in [4.78, 5) is 16.8. The molecule has 2 aromatic carbocycles. The fraction of sp³-hybridized carbons (Fsp3) is 0.0909. The van der Waals surface area contributed by atoms with Crippen molar-refractivity contribution in [3.05, 3.63) is 95.3 Å². The molecule has 0 radical (unpaired) electrons. The van der Waals surface area contributed by atoms with E-state index < -0.39 is 27.4 Å². The molecule has 0 aliphatic heterocycles. The fourth-order valence-electron chi connectivity index (χ4n) is 2.45. The van der Waals surface area contributed by atoms with Crippen LogP contribution < -0.4 is 0 Å². The number of alkyl halides is 3. The van der Waals surface area contributed by atoms with E-state index >= 15 is 0 Å². The molecule has 0 aliphatic carbocycles. The van der Waals surface area contributed by atoms with E-state index in [1.807, 2.05) is 0 Å². The molecular weight excluding hydrogens is 413 g/mol. The largest absolute Gasteiger partial charge is 0.416 e. The topological polar surface area (TPSA) is 59.4 Å². The Bertz CT molecular complexity index is 1250. The number of amides is 1. The van der Waals surface area contributed by atoms with E-state index in [2.05, 4.69) is 21.2 Å². The molecule has 0 N–H and O–H groups in total. The summed E-state index contributed by atoms with van der Waals surface area (Å²) in [5.74, 6) is 4.78. The molecule has 1 atom stereocenters. The summed E-state index contributed by atoms with van der Waals surface area (Å²) >= 11 is 0. The number of halogens is 3. The second kappa shape index (κ2) is 8.51. The van der Waals surface area contributed by atoms with E-state index in [4.69, 9.17) is 0 Å². The average Bonchev–Trinajstić information content (AvgIpc) is 2.72. The summed E-state index contributed by atoms with van der Waals surface area (Å²) in [6.07, 6.45) is -0.336. The molecule has 0 fully saturated rings. The Labute approximate surface area is 172 Å². The van der Waals surface area contributed by atoms with Crippen molar-refractivity contribution in [1.29, 1.82) is 0 Å². The number of rotatable bonds is 2. The number of hydrogen-bond donors (Lipinski definition) is 0. The first-order chi connectivity index (χ1) is 14.1. The van der Waals surface area contributed by atoms with Gasteiger partial charge in [-0.15, -0.1) is 0 Å². The molecule has 0 spiro atoms. The molecule has 1 unspecified atom stereocenters. The predicted octanol–water partition coefficient (Wildman–Crippen LogP) is 4.80. The third-order valence-corrected chi connectivity index (χ3v) is 5.65. The van der Waals surface area contributed by atoms with Crippen molar-refractivity contribution >= 4 is 15.6 Å². The molecule has 1 aromatic heterocycles. The normalized spacial score (nSPS) is 12.9. The number of pyridine rings is 1. The van der Waals surface area contributed by atoms with Crippen LogP contribution in [-0.2, 0) is 15.9 Å². The van der Waals surface area contributed by atoms with Crippen LogP contribution in [-0.4, -0.2) is 21.4 Å². The molecule has 30 heavy (non-hydrogen) atoms. The highest BCUT2D eigenvalue weighted by molar-refractivity contribution is 7.93. The van der Waals surface area contributed by atoms with Crippen molar-refractivity contribution in [2.24, 2.45) is 4.36 Å². The zero-order chi connectivity index (χ0) is 21.8. The first kappa shape index (κ1) is 21.3. The molecule has 8 heteroatoms. The Hall–Kier alpha value is -3.44. The molecule has 4 nitrogen and oxygen atoms in total. The Kier molecular flexibility index (Phi) is 6.04. The molecule has 0 aliphatic rings. The summed E-state index contributed by atoms with van der Waals surface area (Å²) in [6, 6.07) is 14.3.